The summed E-state index contributed by atoms with van der Waals surface area (Å²) in [5.41, 5.74) is 8.48. The molecule has 6 aromatic rings. The second-order valence-electron chi connectivity index (χ2n) is 8.71. The second-order valence-corrected chi connectivity index (χ2v) is 8.71. The van der Waals surface area contributed by atoms with E-state index < -0.39 is 0 Å². The molecule has 6 rings (SSSR count). The lowest BCUT2D eigenvalue weighted by atomic mass is 9.97. The van der Waals surface area contributed by atoms with Crippen molar-refractivity contribution in [1.29, 1.82) is 0 Å². The molecule has 0 bridgehead atoms. The highest BCUT2D eigenvalue weighted by Gasteiger charge is 2.23. The quantitative estimate of drug-likeness (QED) is 0.254. The zero-order chi connectivity index (χ0) is 23.2. The Bertz CT molecular complexity index is 1680. The summed E-state index contributed by atoms with van der Waals surface area (Å²) < 4.78 is 23.6. The number of aromatic nitrogens is 1. The van der Waals surface area contributed by atoms with E-state index >= 15 is 4.39 Å². The third-order valence-electron chi connectivity index (χ3n) is 6.51. The molecule has 0 unspecified atom stereocenters. The van der Waals surface area contributed by atoms with Crippen LogP contribution in [0.5, 0.6) is 0 Å². The lowest BCUT2D eigenvalue weighted by Gasteiger charge is -2.06. The Kier molecular flexibility index (Phi) is 4.77. The van der Waals surface area contributed by atoms with E-state index in [-0.39, 0.29) is 5.82 Å². The minimum absolute atomic E-state index is 0.257. The van der Waals surface area contributed by atoms with Crippen LogP contribution < -0.4 is 4.57 Å². The van der Waals surface area contributed by atoms with Crippen LogP contribution in [0.4, 0.5) is 4.39 Å². The molecule has 2 heterocycles. The van der Waals surface area contributed by atoms with Crippen LogP contribution in [-0.4, -0.2) is 0 Å². The third kappa shape index (κ3) is 3.29. The van der Waals surface area contributed by atoms with Gasteiger partial charge in [0.15, 0.2) is 11.8 Å². The second kappa shape index (κ2) is 7.96. The van der Waals surface area contributed by atoms with E-state index in [0.717, 1.165) is 38.9 Å². The van der Waals surface area contributed by atoms with Gasteiger partial charge in [0.1, 0.15) is 18.4 Å². The molecule has 0 aliphatic rings. The molecule has 0 aliphatic heterocycles. The van der Waals surface area contributed by atoms with E-state index in [1.807, 2.05) is 79.3 Å². The molecule has 0 N–H and O–H groups in total. The lowest BCUT2D eigenvalue weighted by Crippen LogP contribution is -2.30. The smallest absolute Gasteiger partial charge is 0.216 e. The summed E-state index contributed by atoms with van der Waals surface area (Å²) in [5.74, 6) is -0.257. The zero-order valence-electron chi connectivity index (χ0n) is 19.0. The summed E-state index contributed by atoms with van der Waals surface area (Å²) >= 11 is 0. The molecule has 0 spiro atoms. The van der Waals surface area contributed by atoms with Crippen molar-refractivity contribution in [2.24, 2.45) is 7.05 Å². The Hall–Kier alpha value is -4.24. The number of rotatable bonds is 3. The highest BCUT2D eigenvalue weighted by atomic mass is 19.1. The highest BCUT2D eigenvalue weighted by molar-refractivity contribution is 6.10. The SMILES string of the molecule is Cc1cc(F)c2c(oc3cc(-c4cccc(-c5ccccc5)c4)ccc32)c1-c1cccc[n+]1C. The van der Waals surface area contributed by atoms with Gasteiger partial charge in [-0.1, -0.05) is 54.6 Å². The van der Waals surface area contributed by atoms with Crippen LogP contribution in [0.1, 0.15) is 5.56 Å². The molecule has 164 valence electrons. The number of halogens is 1. The number of benzene rings is 4. The zero-order valence-corrected chi connectivity index (χ0v) is 19.0. The number of pyridine rings is 1. The monoisotopic (exact) mass is 444 g/mol. The van der Waals surface area contributed by atoms with Crippen molar-refractivity contribution >= 4 is 21.9 Å². The normalized spacial score (nSPS) is 11.4. The number of hydrogen-bond donors (Lipinski definition) is 0. The van der Waals surface area contributed by atoms with Crippen LogP contribution >= 0.6 is 0 Å². The summed E-state index contributed by atoms with van der Waals surface area (Å²) in [6, 6.07) is 32.4. The topological polar surface area (TPSA) is 17.0 Å². The Balaban J connectivity index is 1.55. The molecular weight excluding hydrogens is 421 g/mol. The molecule has 0 fully saturated rings. The lowest BCUT2D eigenvalue weighted by molar-refractivity contribution is -0.660. The van der Waals surface area contributed by atoms with E-state index in [1.165, 1.54) is 5.56 Å². The van der Waals surface area contributed by atoms with E-state index in [9.17, 15) is 0 Å². The van der Waals surface area contributed by atoms with E-state index in [2.05, 4.69) is 36.4 Å². The Morgan fingerprint density at radius 3 is 2.21 bits per heavy atom. The van der Waals surface area contributed by atoms with Gasteiger partial charge in [-0.3, -0.25) is 0 Å². The van der Waals surface area contributed by atoms with Crippen LogP contribution in [0.15, 0.2) is 108 Å². The van der Waals surface area contributed by atoms with E-state index in [0.29, 0.717) is 16.6 Å². The fraction of sp³-hybridized carbons (Fsp3) is 0.0645. The van der Waals surface area contributed by atoms with Crippen molar-refractivity contribution in [3.8, 4) is 33.5 Å². The van der Waals surface area contributed by atoms with Gasteiger partial charge in [-0.25, -0.2) is 8.96 Å². The van der Waals surface area contributed by atoms with Crippen molar-refractivity contribution in [3.05, 3.63) is 115 Å². The Morgan fingerprint density at radius 1 is 0.706 bits per heavy atom. The molecule has 0 amide bonds. The predicted molar refractivity (Wildman–Crippen MR) is 136 cm³/mol. The standard InChI is InChI=1S/C31H23FNO/c1-20-17-26(32)30-25-15-14-24(23-12-8-11-22(18-23)21-9-4-3-5-10-21)19-28(25)34-31(30)29(20)27-13-6-7-16-33(27)2/h3-19H,1-2H3/q+1. The molecule has 3 heteroatoms. The highest BCUT2D eigenvalue weighted by Crippen LogP contribution is 2.40. The van der Waals surface area contributed by atoms with Crippen molar-refractivity contribution in [2.75, 3.05) is 0 Å². The fourth-order valence-electron chi connectivity index (χ4n) is 4.81. The van der Waals surface area contributed by atoms with Gasteiger partial charge in [-0.15, -0.1) is 0 Å². The number of aryl methyl sites for hydroxylation is 2. The van der Waals surface area contributed by atoms with Gasteiger partial charge >= 0.3 is 0 Å². The molecule has 2 aromatic heterocycles. The molecular formula is C31H23FNO+. The first-order valence-corrected chi connectivity index (χ1v) is 11.4. The van der Waals surface area contributed by atoms with E-state index in [1.54, 1.807) is 6.07 Å². The third-order valence-corrected chi connectivity index (χ3v) is 6.51. The molecule has 0 radical (unpaired) electrons. The number of nitrogens with zero attached hydrogens (tertiary/aromatic N) is 1. The maximum Gasteiger partial charge on any atom is 0.216 e. The average Bonchev–Trinajstić information content (AvgIpc) is 3.24. The molecule has 4 aromatic carbocycles. The summed E-state index contributed by atoms with van der Waals surface area (Å²) in [6.07, 6.45) is 1.99. The van der Waals surface area contributed by atoms with Crippen LogP contribution in [0.3, 0.4) is 0 Å². The minimum atomic E-state index is -0.257. The first-order valence-electron chi connectivity index (χ1n) is 11.4. The molecule has 2 nitrogen and oxygen atoms in total. The van der Waals surface area contributed by atoms with Gasteiger partial charge in [0.05, 0.1) is 10.9 Å². The molecule has 0 aliphatic carbocycles. The van der Waals surface area contributed by atoms with Gasteiger partial charge in [0.2, 0.25) is 5.69 Å². The first-order chi connectivity index (χ1) is 16.6. The van der Waals surface area contributed by atoms with Gasteiger partial charge in [0.25, 0.3) is 0 Å². The number of furan rings is 1. The number of hydrogen-bond acceptors (Lipinski definition) is 1. The Morgan fingerprint density at radius 2 is 1.41 bits per heavy atom. The maximum absolute atomic E-state index is 15.2. The molecule has 0 saturated carbocycles. The first kappa shape index (κ1) is 20.4. The fourth-order valence-corrected chi connectivity index (χ4v) is 4.81. The average molecular weight is 445 g/mol. The van der Waals surface area contributed by atoms with Gasteiger partial charge in [0, 0.05) is 17.5 Å². The van der Waals surface area contributed by atoms with E-state index in [4.69, 9.17) is 4.42 Å². The summed E-state index contributed by atoms with van der Waals surface area (Å²) in [6.45, 7) is 1.93. The largest absolute Gasteiger partial charge is 0.455 e. The van der Waals surface area contributed by atoms with Gasteiger partial charge in [-0.05, 0) is 65.1 Å². The van der Waals surface area contributed by atoms with Crippen molar-refractivity contribution in [1.82, 2.24) is 0 Å². The van der Waals surface area contributed by atoms with Crippen LogP contribution in [0.2, 0.25) is 0 Å². The maximum atomic E-state index is 15.2. The van der Waals surface area contributed by atoms with Crippen LogP contribution in [0.25, 0.3) is 55.4 Å². The predicted octanol–water partition coefficient (Wildman–Crippen LogP) is 7.86. The van der Waals surface area contributed by atoms with Crippen LogP contribution in [0, 0.1) is 12.7 Å². The molecule has 34 heavy (non-hydrogen) atoms. The Labute approximate surface area is 197 Å². The van der Waals surface area contributed by atoms with Gasteiger partial charge in [-0.2, -0.15) is 0 Å². The van der Waals surface area contributed by atoms with Crippen molar-refractivity contribution < 1.29 is 13.4 Å². The summed E-state index contributed by atoms with van der Waals surface area (Å²) in [5, 5.41) is 1.32. The summed E-state index contributed by atoms with van der Waals surface area (Å²) in [7, 11) is 1.99. The number of fused-ring (bicyclic) bond motifs is 3. The van der Waals surface area contributed by atoms with Crippen molar-refractivity contribution in [3.63, 3.8) is 0 Å². The summed E-state index contributed by atoms with van der Waals surface area (Å²) in [4.78, 5) is 0. The molecule has 0 atom stereocenters. The molecule has 0 saturated heterocycles. The van der Waals surface area contributed by atoms with Crippen molar-refractivity contribution in [2.45, 2.75) is 6.92 Å². The van der Waals surface area contributed by atoms with Crippen LogP contribution in [-0.2, 0) is 7.05 Å². The minimum Gasteiger partial charge on any atom is -0.455 e. The van der Waals surface area contributed by atoms with Gasteiger partial charge < -0.3 is 4.42 Å².